The maximum Gasteiger partial charge on any atom is -0.0260 e. The lowest BCUT2D eigenvalue weighted by Crippen LogP contribution is -1.73. The second-order valence-electron chi connectivity index (χ2n) is 3.83. The molecule has 0 aliphatic heterocycles. The molecule has 0 aromatic heterocycles. The molecule has 0 saturated heterocycles. The molecule has 0 heteroatoms. The van der Waals surface area contributed by atoms with Gasteiger partial charge in [0, 0.05) is 0 Å². The molecular formula is C13H16. The monoisotopic (exact) mass is 172 g/mol. The number of benzene rings is 1. The van der Waals surface area contributed by atoms with Crippen molar-refractivity contribution in [2.75, 3.05) is 0 Å². The van der Waals surface area contributed by atoms with Gasteiger partial charge in [-0.25, -0.2) is 0 Å². The van der Waals surface area contributed by atoms with Gasteiger partial charge in [-0.3, -0.25) is 0 Å². The van der Waals surface area contributed by atoms with Crippen molar-refractivity contribution >= 4 is 6.08 Å². The van der Waals surface area contributed by atoms with Crippen LogP contribution in [0, 0.1) is 5.92 Å². The second-order valence-corrected chi connectivity index (χ2v) is 3.83. The van der Waals surface area contributed by atoms with Gasteiger partial charge in [-0.2, -0.15) is 0 Å². The van der Waals surface area contributed by atoms with E-state index in [1.807, 2.05) is 0 Å². The highest BCUT2D eigenvalue weighted by Gasteiger charge is 2.19. The zero-order valence-electron chi connectivity index (χ0n) is 7.95. The van der Waals surface area contributed by atoms with Crippen LogP contribution in [-0.2, 0) is 0 Å². The quantitative estimate of drug-likeness (QED) is 0.646. The van der Waals surface area contributed by atoms with Crippen molar-refractivity contribution in [3.05, 3.63) is 42.0 Å². The van der Waals surface area contributed by atoms with Gasteiger partial charge in [0.05, 0.1) is 0 Å². The van der Waals surface area contributed by atoms with Crippen LogP contribution in [0.25, 0.3) is 6.08 Å². The van der Waals surface area contributed by atoms with E-state index in [1.54, 1.807) is 0 Å². The molecule has 0 spiro atoms. The molecule has 0 nitrogen and oxygen atoms in total. The minimum Gasteiger partial charge on any atom is -0.0839 e. The van der Waals surface area contributed by atoms with Crippen LogP contribution in [0.4, 0.5) is 0 Å². The molecular weight excluding hydrogens is 156 g/mol. The van der Waals surface area contributed by atoms with E-state index in [9.17, 15) is 0 Å². The highest BCUT2D eigenvalue weighted by molar-refractivity contribution is 5.48. The van der Waals surface area contributed by atoms with Gasteiger partial charge >= 0.3 is 0 Å². The fraction of sp³-hybridized carbons (Fsp3) is 0.385. The van der Waals surface area contributed by atoms with Gasteiger partial charge in [0.15, 0.2) is 0 Å². The maximum atomic E-state index is 2.30. The van der Waals surface area contributed by atoms with E-state index in [4.69, 9.17) is 0 Å². The van der Waals surface area contributed by atoms with Gasteiger partial charge in [-0.15, -0.1) is 0 Å². The third-order valence-electron chi connectivity index (χ3n) is 2.55. The third-order valence-corrected chi connectivity index (χ3v) is 2.55. The van der Waals surface area contributed by atoms with E-state index >= 15 is 0 Å². The summed E-state index contributed by atoms with van der Waals surface area (Å²) in [7, 11) is 0. The fourth-order valence-corrected chi connectivity index (χ4v) is 1.52. The molecule has 0 amide bonds. The van der Waals surface area contributed by atoms with E-state index in [1.165, 1.54) is 31.2 Å². The van der Waals surface area contributed by atoms with Crippen molar-refractivity contribution in [1.29, 1.82) is 0 Å². The molecule has 1 aromatic carbocycles. The average molecular weight is 172 g/mol. The van der Waals surface area contributed by atoms with Crippen molar-refractivity contribution in [3.63, 3.8) is 0 Å². The van der Waals surface area contributed by atoms with Crippen LogP contribution in [0.15, 0.2) is 36.4 Å². The normalized spacial score (nSPS) is 16.6. The molecule has 2 rings (SSSR count). The van der Waals surface area contributed by atoms with Crippen LogP contribution in [0.3, 0.4) is 0 Å². The summed E-state index contributed by atoms with van der Waals surface area (Å²) in [6, 6.07) is 10.5. The summed E-state index contributed by atoms with van der Waals surface area (Å²) in [5.41, 5.74) is 1.32. The summed E-state index contributed by atoms with van der Waals surface area (Å²) in [5.74, 6) is 1.06. The highest BCUT2D eigenvalue weighted by atomic mass is 14.2. The van der Waals surface area contributed by atoms with E-state index in [-0.39, 0.29) is 0 Å². The van der Waals surface area contributed by atoms with Crippen molar-refractivity contribution in [3.8, 4) is 0 Å². The van der Waals surface area contributed by atoms with E-state index in [0.717, 1.165) is 5.92 Å². The predicted octanol–water partition coefficient (Wildman–Crippen LogP) is 3.89. The Bertz CT molecular complexity index is 267. The second kappa shape index (κ2) is 4.27. The minimum atomic E-state index is 1.06. The summed E-state index contributed by atoms with van der Waals surface area (Å²) in [5, 5.41) is 0. The Labute approximate surface area is 80.3 Å². The number of allylic oxidation sites excluding steroid dienone is 1. The first kappa shape index (κ1) is 8.55. The Morgan fingerprint density at radius 2 is 1.92 bits per heavy atom. The van der Waals surface area contributed by atoms with Gasteiger partial charge in [-0.1, -0.05) is 55.3 Å². The highest BCUT2D eigenvalue weighted by Crippen LogP contribution is 2.33. The fourth-order valence-electron chi connectivity index (χ4n) is 1.52. The summed E-state index contributed by atoms with van der Waals surface area (Å²) >= 11 is 0. The van der Waals surface area contributed by atoms with Crippen LogP contribution in [0.2, 0.25) is 0 Å². The van der Waals surface area contributed by atoms with Crippen molar-refractivity contribution in [2.24, 2.45) is 5.92 Å². The Morgan fingerprint density at radius 1 is 1.15 bits per heavy atom. The van der Waals surface area contributed by atoms with Crippen LogP contribution < -0.4 is 0 Å². The lowest BCUT2D eigenvalue weighted by atomic mass is 10.1. The number of hydrogen-bond donors (Lipinski definition) is 0. The van der Waals surface area contributed by atoms with Crippen LogP contribution in [0.5, 0.6) is 0 Å². The topological polar surface area (TPSA) is 0 Å². The molecule has 1 aliphatic rings. The Kier molecular flexibility index (Phi) is 2.81. The predicted molar refractivity (Wildman–Crippen MR) is 57.4 cm³/mol. The molecule has 0 heterocycles. The van der Waals surface area contributed by atoms with Crippen molar-refractivity contribution < 1.29 is 0 Å². The van der Waals surface area contributed by atoms with Gasteiger partial charge in [0.1, 0.15) is 0 Å². The summed E-state index contributed by atoms with van der Waals surface area (Å²) in [6.07, 6.45) is 10.1. The average Bonchev–Trinajstić information content (AvgIpc) is 2.98. The van der Waals surface area contributed by atoms with Crippen LogP contribution >= 0.6 is 0 Å². The Hall–Kier alpha value is -1.04. The zero-order valence-corrected chi connectivity index (χ0v) is 7.95. The van der Waals surface area contributed by atoms with Gasteiger partial charge in [0.25, 0.3) is 0 Å². The molecule has 0 radical (unpaired) electrons. The first-order valence-electron chi connectivity index (χ1n) is 5.17. The Balaban J connectivity index is 1.76. The molecule has 1 aromatic rings. The molecule has 0 N–H and O–H groups in total. The number of hydrogen-bond acceptors (Lipinski definition) is 0. The number of rotatable bonds is 4. The summed E-state index contributed by atoms with van der Waals surface area (Å²) in [4.78, 5) is 0. The maximum absolute atomic E-state index is 2.30. The first-order chi connectivity index (χ1) is 6.45. The van der Waals surface area contributed by atoms with Crippen LogP contribution in [0.1, 0.15) is 31.2 Å². The molecule has 1 fully saturated rings. The molecule has 0 bridgehead atoms. The van der Waals surface area contributed by atoms with E-state index in [2.05, 4.69) is 42.5 Å². The van der Waals surface area contributed by atoms with Gasteiger partial charge in [0.2, 0.25) is 0 Å². The Morgan fingerprint density at radius 3 is 2.62 bits per heavy atom. The summed E-state index contributed by atoms with van der Waals surface area (Å²) < 4.78 is 0. The smallest absolute Gasteiger partial charge is 0.0260 e. The standard InChI is InChI=1S/C13H16/c1-2-6-12(7-3-1)8-4-5-9-13-10-11-13/h1-4,6-8,13H,5,9-11H2/b8-4+. The third kappa shape index (κ3) is 3.06. The lowest BCUT2D eigenvalue weighted by molar-refractivity contribution is 0.743. The minimum absolute atomic E-state index is 1.06. The molecule has 0 unspecified atom stereocenters. The lowest BCUT2D eigenvalue weighted by Gasteiger charge is -1.92. The SMILES string of the molecule is C(=C\c1ccccc1)/CCC1CC1. The van der Waals surface area contributed by atoms with Gasteiger partial charge in [-0.05, 0) is 24.3 Å². The molecule has 1 aliphatic carbocycles. The van der Waals surface area contributed by atoms with E-state index in [0.29, 0.717) is 0 Å². The first-order valence-corrected chi connectivity index (χ1v) is 5.17. The van der Waals surface area contributed by atoms with E-state index < -0.39 is 0 Å². The zero-order chi connectivity index (χ0) is 8.93. The molecule has 0 atom stereocenters. The van der Waals surface area contributed by atoms with Crippen molar-refractivity contribution in [1.82, 2.24) is 0 Å². The van der Waals surface area contributed by atoms with Crippen molar-refractivity contribution in [2.45, 2.75) is 25.7 Å². The summed E-state index contributed by atoms with van der Waals surface area (Å²) in [6.45, 7) is 0. The molecule has 68 valence electrons. The van der Waals surface area contributed by atoms with Gasteiger partial charge < -0.3 is 0 Å². The molecule has 1 saturated carbocycles. The largest absolute Gasteiger partial charge is 0.0839 e. The van der Waals surface area contributed by atoms with Crippen LogP contribution in [-0.4, -0.2) is 0 Å². The molecule has 13 heavy (non-hydrogen) atoms.